The van der Waals surface area contributed by atoms with Gasteiger partial charge in [-0.2, -0.15) is 0 Å². The monoisotopic (exact) mass is 622 g/mol. The van der Waals surface area contributed by atoms with Crippen molar-refractivity contribution in [3.63, 3.8) is 0 Å². The predicted molar refractivity (Wildman–Crippen MR) is 174 cm³/mol. The van der Waals surface area contributed by atoms with Gasteiger partial charge in [-0.25, -0.2) is 0 Å². The molecular formula is C30H40Cl2N4O2S2. The van der Waals surface area contributed by atoms with Gasteiger partial charge in [-0.15, -0.1) is 48.3 Å². The van der Waals surface area contributed by atoms with Crippen LogP contribution in [-0.2, 0) is 9.59 Å². The van der Waals surface area contributed by atoms with Crippen LogP contribution in [0.2, 0.25) is 0 Å². The van der Waals surface area contributed by atoms with Crippen molar-refractivity contribution in [3.8, 4) is 0 Å². The molecule has 0 aliphatic carbocycles. The quantitative estimate of drug-likeness (QED) is 0.123. The average molecular weight is 624 g/mol. The molecule has 2 unspecified atom stereocenters. The first-order valence-corrected chi connectivity index (χ1v) is 15.3. The molecule has 2 atom stereocenters. The second kappa shape index (κ2) is 20.6. The molecule has 218 valence electrons. The van der Waals surface area contributed by atoms with Crippen molar-refractivity contribution < 1.29 is 9.59 Å². The predicted octanol–water partition coefficient (Wildman–Crippen LogP) is 8.39. The zero-order valence-electron chi connectivity index (χ0n) is 23.1. The zero-order valence-corrected chi connectivity index (χ0v) is 26.3. The number of unbranched alkanes of at least 4 members (excludes halogenated alkanes) is 2. The first kappa shape index (κ1) is 35.8. The molecule has 2 heterocycles. The Morgan fingerprint density at radius 2 is 1.02 bits per heavy atom. The molecule has 0 saturated carbocycles. The molecule has 0 aliphatic rings. The lowest BCUT2D eigenvalue weighted by molar-refractivity contribution is -0.120. The van der Waals surface area contributed by atoms with Gasteiger partial charge in [-0.1, -0.05) is 38.8 Å². The average Bonchev–Trinajstić information content (AvgIpc) is 2.94. The number of amides is 2. The van der Waals surface area contributed by atoms with Crippen LogP contribution >= 0.6 is 48.3 Å². The molecule has 2 amide bonds. The summed E-state index contributed by atoms with van der Waals surface area (Å²) >= 11 is 3.63. The lowest BCUT2D eigenvalue weighted by Crippen LogP contribution is -2.24. The highest BCUT2D eigenvalue weighted by atomic mass is 35.5. The molecule has 2 aromatic heterocycles. The number of pyridine rings is 2. The smallest absolute Gasteiger partial charge is 0.227 e. The van der Waals surface area contributed by atoms with Crippen LogP contribution in [0.4, 0.5) is 11.4 Å². The summed E-state index contributed by atoms with van der Waals surface area (Å²) in [6.45, 7) is 3.92. The zero-order chi connectivity index (χ0) is 27.0. The lowest BCUT2D eigenvalue weighted by Gasteiger charge is -2.17. The number of anilines is 2. The third kappa shape index (κ3) is 13.4. The van der Waals surface area contributed by atoms with E-state index in [0.717, 1.165) is 50.0 Å². The Morgan fingerprint density at radius 1 is 0.650 bits per heavy atom. The van der Waals surface area contributed by atoms with Crippen molar-refractivity contribution in [2.24, 2.45) is 11.8 Å². The molecule has 1 aromatic carbocycles. The van der Waals surface area contributed by atoms with E-state index >= 15 is 0 Å². The van der Waals surface area contributed by atoms with Gasteiger partial charge in [0.2, 0.25) is 11.8 Å². The minimum absolute atomic E-state index is 0. The summed E-state index contributed by atoms with van der Waals surface area (Å²) in [6, 6.07) is 15.5. The fraction of sp³-hybridized carbons (Fsp3) is 0.400. The number of nitrogens with one attached hydrogen (secondary N) is 2. The minimum Gasteiger partial charge on any atom is -0.324 e. The molecule has 3 rings (SSSR count). The summed E-state index contributed by atoms with van der Waals surface area (Å²) in [4.78, 5) is 36.2. The maximum Gasteiger partial charge on any atom is 0.227 e. The second-order valence-corrected chi connectivity index (χ2v) is 11.7. The van der Waals surface area contributed by atoms with E-state index < -0.39 is 0 Å². The highest BCUT2D eigenvalue weighted by Gasteiger charge is 2.17. The molecular weight excluding hydrogens is 583 g/mol. The standard InChI is InChI=1S/C30H38N4O2S2.2ClH/c1-23(9-5-7-21-37-25-13-17-31-18-14-25)29(35)33-27-11-3-4-12-28(27)34-30(36)24(2)10-6-8-22-38-26-15-19-32-20-16-26;;/h3-4,11-20,23-24H,5-10,21-22H2,1-2H3,(H,33,35)(H,34,36);2*1H. The minimum atomic E-state index is -0.103. The maximum atomic E-state index is 12.8. The van der Waals surface area contributed by atoms with Gasteiger partial charge in [-0.3, -0.25) is 19.6 Å². The number of rotatable bonds is 16. The van der Waals surface area contributed by atoms with Crippen LogP contribution in [0.1, 0.15) is 52.4 Å². The van der Waals surface area contributed by atoms with Crippen LogP contribution in [0.15, 0.2) is 83.1 Å². The summed E-state index contributed by atoms with van der Waals surface area (Å²) < 4.78 is 0. The molecule has 2 N–H and O–H groups in total. The Labute approximate surface area is 259 Å². The number of carbonyl (C=O) groups excluding carboxylic acids is 2. The molecule has 3 aromatic rings. The van der Waals surface area contributed by atoms with E-state index in [0.29, 0.717) is 11.4 Å². The Balaban J connectivity index is 0.00000400. The van der Waals surface area contributed by atoms with Gasteiger partial charge in [0.15, 0.2) is 0 Å². The van der Waals surface area contributed by atoms with Crippen LogP contribution in [0, 0.1) is 11.8 Å². The van der Waals surface area contributed by atoms with Gasteiger partial charge in [0, 0.05) is 46.4 Å². The summed E-state index contributed by atoms with van der Waals surface area (Å²) in [5, 5.41) is 6.05. The van der Waals surface area contributed by atoms with Gasteiger partial charge in [0.1, 0.15) is 0 Å². The number of carbonyl (C=O) groups is 2. The van der Waals surface area contributed by atoms with Crippen LogP contribution < -0.4 is 10.6 Å². The normalized spacial score (nSPS) is 11.8. The Morgan fingerprint density at radius 3 is 1.40 bits per heavy atom. The number of benzene rings is 1. The Hall–Kier alpha value is -2.26. The van der Waals surface area contributed by atoms with Crippen molar-refractivity contribution in [1.29, 1.82) is 0 Å². The molecule has 0 spiro atoms. The molecule has 6 nitrogen and oxygen atoms in total. The van der Waals surface area contributed by atoms with Crippen LogP contribution in [-0.4, -0.2) is 33.3 Å². The number of hydrogen-bond acceptors (Lipinski definition) is 6. The van der Waals surface area contributed by atoms with E-state index in [2.05, 4.69) is 20.6 Å². The molecule has 10 heteroatoms. The number of nitrogens with zero attached hydrogens (tertiary/aromatic N) is 2. The van der Waals surface area contributed by atoms with Crippen LogP contribution in [0.5, 0.6) is 0 Å². The maximum absolute atomic E-state index is 12.8. The van der Waals surface area contributed by atoms with E-state index in [1.807, 2.05) is 111 Å². The fourth-order valence-corrected chi connectivity index (χ4v) is 5.63. The van der Waals surface area contributed by atoms with E-state index in [1.165, 1.54) is 9.79 Å². The highest BCUT2D eigenvalue weighted by Crippen LogP contribution is 2.25. The molecule has 0 saturated heterocycles. The molecule has 0 bridgehead atoms. The third-order valence-electron chi connectivity index (χ3n) is 6.24. The molecule has 0 radical (unpaired) electrons. The number of para-hydroxylation sites is 2. The topological polar surface area (TPSA) is 84.0 Å². The van der Waals surface area contributed by atoms with Crippen LogP contribution in [0.25, 0.3) is 0 Å². The highest BCUT2D eigenvalue weighted by molar-refractivity contribution is 7.99. The molecule has 40 heavy (non-hydrogen) atoms. The van der Waals surface area contributed by atoms with Gasteiger partial charge in [0.05, 0.1) is 11.4 Å². The van der Waals surface area contributed by atoms with Gasteiger partial charge < -0.3 is 10.6 Å². The van der Waals surface area contributed by atoms with E-state index in [-0.39, 0.29) is 48.5 Å². The van der Waals surface area contributed by atoms with E-state index in [9.17, 15) is 9.59 Å². The lowest BCUT2D eigenvalue weighted by atomic mass is 10.0. The SMILES string of the molecule is CC(CCCCSc1ccncc1)C(=O)Nc1ccccc1NC(=O)C(C)CCCCSc1ccncc1.Cl.Cl. The summed E-state index contributed by atoms with van der Waals surface area (Å²) in [5.41, 5.74) is 1.29. The van der Waals surface area contributed by atoms with Crippen molar-refractivity contribution in [1.82, 2.24) is 9.97 Å². The van der Waals surface area contributed by atoms with Crippen LogP contribution in [0.3, 0.4) is 0 Å². The summed E-state index contributed by atoms with van der Waals surface area (Å²) in [7, 11) is 0. The van der Waals surface area contributed by atoms with Crippen molar-refractivity contribution in [2.75, 3.05) is 22.1 Å². The van der Waals surface area contributed by atoms with Crippen molar-refractivity contribution in [3.05, 3.63) is 73.3 Å². The van der Waals surface area contributed by atoms with Gasteiger partial charge >= 0.3 is 0 Å². The van der Waals surface area contributed by atoms with E-state index in [4.69, 9.17) is 0 Å². The number of hydrogen-bond donors (Lipinski definition) is 2. The first-order chi connectivity index (χ1) is 18.5. The summed E-state index contributed by atoms with van der Waals surface area (Å²) in [5.74, 6) is 1.80. The van der Waals surface area contributed by atoms with Crippen molar-refractivity contribution in [2.45, 2.75) is 62.2 Å². The molecule has 0 fully saturated rings. The number of thioether (sulfide) groups is 2. The third-order valence-corrected chi connectivity index (χ3v) is 8.43. The number of aromatic nitrogens is 2. The van der Waals surface area contributed by atoms with Crippen molar-refractivity contribution >= 4 is 71.5 Å². The first-order valence-electron chi connectivity index (χ1n) is 13.3. The fourth-order valence-electron chi connectivity index (χ4n) is 3.83. The Bertz CT molecular complexity index is 1040. The Kier molecular flexibility index (Phi) is 18.4. The second-order valence-electron chi connectivity index (χ2n) is 9.38. The molecule has 0 aliphatic heterocycles. The van der Waals surface area contributed by atoms with E-state index in [1.54, 1.807) is 0 Å². The summed E-state index contributed by atoms with van der Waals surface area (Å²) in [6.07, 6.45) is 13.0. The van der Waals surface area contributed by atoms with Gasteiger partial charge in [0.25, 0.3) is 0 Å². The largest absolute Gasteiger partial charge is 0.324 e. The van der Waals surface area contributed by atoms with Gasteiger partial charge in [-0.05, 0) is 73.6 Å². The number of halogens is 2.